The number of methoxy groups -OCH3 is 1. The van der Waals surface area contributed by atoms with Crippen LogP contribution >= 0.6 is 7.37 Å². The largest absolute Gasteiger partial charge is 0.493 e. The summed E-state index contributed by atoms with van der Waals surface area (Å²) in [4.78, 5) is 8.54. The highest BCUT2D eigenvalue weighted by molar-refractivity contribution is 7.59. The molecule has 118 valence electrons. The second kappa shape index (κ2) is 6.89. The van der Waals surface area contributed by atoms with E-state index in [2.05, 4.69) is 16.9 Å². The molecule has 5 nitrogen and oxygen atoms in total. The average Bonchev–Trinajstić information content (AvgIpc) is 2.38. The molecule has 0 N–H and O–H groups in total. The summed E-state index contributed by atoms with van der Waals surface area (Å²) < 4.78 is 24.4. The molecule has 0 amide bonds. The van der Waals surface area contributed by atoms with Crippen LogP contribution in [0.2, 0.25) is 0 Å². The van der Waals surface area contributed by atoms with Gasteiger partial charge in [0.05, 0.1) is 31.8 Å². The summed E-state index contributed by atoms with van der Waals surface area (Å²) in [5.41, 5.74) is 0.867. The highest BCUT2D eigenvalue weighted by atomic mass is 31.2. The fraction of sp³-hybridized carbons (Fsp3) is 0.733. The molecule has 0 aliphatic heterocycles. The lowest BCUT2D eigenvalue weighted by Gasteiger charge is -2.40. The first-order valence-electron chi connectivity index (χ1n) is 7.63. The van der Waals surface area contributed by atoms with Crippen LogP contribution in [0, 0.1) is 12.8 Å². The van der Waals surface area contributed by atoms with Crippen LogP contribution in [0.15, 0.2) is 6.20 Å². The maximum absolute atomic E-state index is 13.4. The molecule has 0 aromatic carbocycles. The molecule has 1 aromatic rings. The highest BCUT2D eigenvalue weighted by Crippen LogP contribution is 2.63. The number of aryl methyl sites for hydroxylation is 1. The number of hydrogen-bond donors (Lipinski definition) is 0. The number of hydrogen-bond acceptors (Lipinski definition) is 5. The number of nitrogens with zero attached hydrogens (tertiary/aromatic N) is 2. The number of ether oxygens (including phenoxy) is 1. The molecule has 0 radical (unpaired) electrons. The molecule has 1 aromatic heterocycles. The smallest absolute Gasteiger partial charge is 0.212 e. The second-order valence-corrected chi connectivity index (χ2v) is 8.24. The summed E-state index contributed by atoms with van der Waals surface area (Å²) >= 11 is 0. The average molecular weight is 312 g/mol. The summed E-state index contributed by atoms with van der Waals surface area (Å²) in [7, 11) is -1.16. The van der Waals surface area contributed by atoms with Gasteiger partial charge >= 0.3 is 0 Å². The normalized spacial score (nSPS) is 24.2. The van der Waals surface area contributed by atoms with E-state index in [4.69, 9.17) is 9.26 Å². The third kappa shape index (κ3) is 3.46. The zero-order valence-electron chi connectivity index (χ0n) is 13.3. The first kappa shape index (κ1) is 16.4. The zero-order valence-corrected chi connectivity index (χ0v) is 14.2. The van der Waals surface area contributed by atoms with E-state index in [0.29, 0.717) is 36.0 Å². The molecule has 1 fully saturated rings. The van der Waals surface area contributed by atoms with Gasteiger partial charge in [-0.25, -0.2) is 9.97 Å². The molecule has 1 heterocycles. The van der Waals surface area contributed by atoms with E-state index in [-0.39, 0.29) is 5.66 Å². The Morgan fingerprint density at radius 2 is 2.14 bits per heavy atom. The van der Waals surface area contributed by atoms with Crippen molar-refractivity contribution in [3.05, 3.63) is 17.7 Å². The van der Waals surface area contributed by atoms with Gasteiger partial charge in [-0.15, -0.1) is 0 Å². The van der Waals surface area contributed by atoms with Crippen LogP contribution < -0.4 is 4.74 Å². The topological polar surface area (TPSA) is 61.3 Å². The number of aromatic nitrogens is 2. The monoisotopic (exact) mass is 312 g/mol. The first-order chi connectivity index (χ1) is 10.0. The van der Waals surface area contributed by atoms with Crippen molar-refractivity contribution in [2.24, 2.45) is 5.92 Å². The fourth-order valence-corrected chi connectivity index (χ4v) is 6.16. The second-order valence-electron chi connectivity index (χ2n) is 5.55. The molecule has 6 heteroatoms. The molecule has 0 saturated heterocycles. The van der Waals surface area contributed by atoms with E-state index < -0.39 is 7.37 Å². The van der Waals surface area contributed by atoms with E-state index >= 15 is 0 Å². The molecule has 1 aliphatic rings. The Bertz CT molecular complexity index is 534. The molecule has 1 saturated carbocycles. The van der Waals surface area contributed by atoms with Gasteiger partial charge in [-0.2, -0.15) is 0 Å². The van der Waals surface area contributed by atoms with Crippen LogP contribution in [0.4, 0.5) is 0 Å². The van der Waals surface area contributed by atoms with E-state index in [9.17, 15) is 4.57 Å². The van der Waals surface area contributed by atoms with Crippen LogP contribution in [0.3, 0.4) is 0 Å². The van der Waals surface area contributed by atoms with E-state index in [1.54, 1.807) is 13.3 Å². The first-order valence-corrected chi connectivity index (χ1v) is 9.51. The van der Waals surface area contributed by atoms with Gasteiger partial charge in [0.25, 0.3) is 0 Å². The minimum absolute atomic E-state index is 0.169. The van der Waals surface area contributed by atoms with Crippen molar-refractivity contribution in [2.75, 3.05) is 13.7 Å². The molecular formula is C15H25N2O3P. The van der Waals surface area contributed by atoms with Gasteiger partial charge in [-0.05, 0) is 32.6 Å². The van der Waals surface area contributed by atoms with Crippen LogP contribution in [-0.4, -0.2) is 29.3 Å². The lowest BCUT2D eigenvalue weighted by atomic mass is 9.83. The van der Waals surface area contributed by atoms with Crippen LogP contribution in [0.5, 0.6) is 5.75 Å². The molecule has 3 unspecified atom stereocenters. The van der Waals surface area contributed by atoms with Crippen molar-refractivity contribution < 1.29 is 13.8 Å². The Morgan fingerprint density at radius 3 is 2.67 bits per heavy atom. The molecule has 2 rings (SSSR count). The minimum Gasteiger partial charge on any atom is -0.493 e. The quantitative estimate of drug-likeness (QED) is 0.717. The third-order valence-corrected chi connectivity index (χ3v) is 7.42. The molecule has 0 spiro atoms. The van der Waals surface area contributed by atoms with Crippen molar-refractivity contribution in [1.82, 2.24) is 9.97 Å². The van der Waals surface area contributed by atoms with Gasteiger partial charge in [0.1, 0.15) is 5.82 Å². The molecular weight excluding hydrogens is 287 g/mol. The summed E-state index contributed by atoms with van der Waals surface area (Å²) in [6.45, 7) is 6.35. The highest BCUT2D eigenvalue weighted by Gasteiger charge is 2.45. The summed E-state index contributed by atoms with van der Waals surface area (Å²) in [6.07, 6.45) is 5.18. The van der Waals surface area contributed by atoms with Crippen LogP contribution in [-0.2, 0) is 15.3 Å². The minimum atomic E-state index is -2.75. The summed E-state index contributed by atoms with van der Waals surface area (Å²) in [5.74, 6) is 1.76. The molecule has 1 aliphatic carbocycles. The standard InChI is InChI=1S/C15H25N2O3P/c1-5-12-7-8-15(12)21(18,20-6-2)10-13-14(19-4)9-16-11(3)17-13/h9,12,15H,5-8,10H2,1-4H3. The van der Waals surface area contributed by atoms with Crippen molar-refractivity contribution >= 4 is 7.37 Å². The van der Waals surface area contributed by atoms with Crippen molar-refractivity contribution in [3.63, 3.8) is 0 Å². The maximum atomic E-state index is 13.4. The Kier molecular flexibility index (Phi) is 5.39. The molecule has 0 bridgehead atoms. The van der Waals surface area contributed by atoms with Crippen LogP contribution in [0.1, 0.15) is 44.6 Å². The van der Waals surface area contributed by atoms with Gasteiger partial charge in [-0.1, -0.05) is 13.3 Å². The SMILES string of the molecule is CCOP(=O)(Cc1nc(C)ncc1OC)C1CCC1CC. The Hall–Kier alpha value is -0.930. The third-order valence-electron chi connectivity index (χ3n) is 4.29. The zero-order chi connectivity index (χ0) is 15.5. The Morgan fingerprint density at radius 1 is 1.38 bits per heavy atom. The van der Waals surface area contributed by atoms with Gasteiger partial charge in [0.2, 0.25) is 7.37 Å². The van der Waals surface area contributed by atoms with E-state index in [0.717, 1.165) is 19.3 Å². The summed E-state index contributed by atoms with van der Waals surface area (Å²) in [5, 5.41) is 0. The predicted octanol–water partition coefficient (Wildman–Crippen LogP) is 3.80. The van der Waals surface area contributed by atoms with E-state index in [1.807, 2.05) is 13.8 Å². The van der Waals surface area contributed by atoms with Crippen molar-refractivity contribution in [2.45, 2.75) is 51.9 Å². The van der Waals surface area contributed by atoms with Gasteiger partial charge in [0, 0.05) is 5.66 Å². The lowest BCUT2D eigenvalue weighted by molar-refractivity contribution is 0.253. The Balaban J connectivity index is 2.28. The van der Waals surface area contributed by atoms with Crippen molar-refractivity contribution in [1.29, 1.82) is 0 Å². The molecule has 21 heavy (non-hydrogen) atoms. The summed E-state index contributed by atoms with van der Waals surface area (Å²) in [6, 6.07) is 0. The fourth-order valence-electron chi connectivity index (χ4n) is 3.02. The lowest BCUT2D eigenvalue weighted by Crippen LogP contribution is -2.32. The Labute approximate surface area is 126 Å². The van der Waals surface area contributed by atoms with Crippen molar-refractivity contribution in [3.8, 4) is 5.75 Å². The van der Waals surface area contributed by atoms with E-state index in [1.165, 1.54) is 0 Å². The maximum Gasteiger partial charge on any atom is 0.212 e. The number of rotatable bonds is 7. The predicted molar refractivity (Wildman–Crippen MR) is 83.1 cm³/mol. The molecule has 3 atom stereocenters. The van der Waals surface area contributed by atoms with Gasteiger partial charge in [-0.3, -0.25) is 4.57 Å². The van der Waals surface area contributed by atoms with Crippen LogP contribution in [0.25, 0.3) is 0 Å². The van der Waals surface area contributed by atoms with Gasteiger partial charge < -0.3 is 9.26 Å². The van der Waals surface area contributed by atoms with Gasteiger partial charge in [0.15, 0.2) is 5.75 Å².